The van der Waals surface area contributed by atoms with Crippen molar-refractivity contribution in [1.82, 2.24) is 0 Å². The van der Waals surface area contributed by atoms with Crippen LogP contribution in [0.2, 0.25) is 0 Å². The molecule has 0 radical (unpaired) electrons. The summed E-state index contributed by atoms with van der Waals surface area (Å²) in [4.78, 5) is 0. The van der Waals surface area contributed by atoms with Gasteiger partial charge in [-0.2, -0.15) is 0 Å². The summed E-state index contributed by atoms with van der Waals surface area (Å²) in [6.07, 6.45) is 0. The van der Waals surface area contributed by atoms with Gasteiger partial charge in [0.15, 0.2) is 0 Å². The zero-order valence-corrected chi connectivity index (χ0v) is 10.7. The molecule has 0 amide bonds. The molecule has 1 aromatic heterocycles. The number of para-hydroxylation sites is 1. The summed E-state index contributed by atoms with van der Waals surface area (Å²) in [5, 5.41) is 19.1. The van der Waals surface area contributed by atoms with Crippen molar-refractivity contribution >= 4 is 23.6 Å². The van der Waals surface area contributed by atoms with E-state index >= 15 is 0 Å². The van der Waals surface area contributed by atoms with Gasteiger partial charge in [0.25, 0.3) is 0 Å². The van der Waals surface area contributed by atoms with E-state index in [-0.39, 0.29) is 0 Å². The summed E-state index contributed by atoms with van der Waals surface area (Å²) in [5.41, 5.74) is 1.13. The molecule has 0 bridgehead atoms. The van der Waals surface area contributed by atoms with Crippen LogP contribution in [0.5, 0.6) is 5.75 Å². The molecule has 1 heterocycles. The monoisotopic (exact) mass is 268 g/mol. The molecule has 4 nitrogen and oxygen atoms in total. The molecule has 0 atom stereocenters. The summed E-state index contributed by atoms with van der Waals surface area (Å²) in [6.45, 7) is 0.329. The minimum atomic E-state index is -1.47. The molecular formula is C15H13BO4. The average molecular weight is 268 g/mol. The quantitative estimate of drug-likeness (QED) is 0.707. The van der Waals surface area contributed by atoms with Crippen LogP contribution in [0.3, 0.4) is 0 Å². The van der Waals surface area contributed by atoms with Gasteiger partial charge in [0.05, 0.1) is 0 Å². The van der Waals surface area contributed by atoms with Crippen LogP contribution in [0.25, 0.3) is 11.0 Å². The highest BCUT2D eigenvalue weighted by atomic mass is 16.5. The topological polar surface area (TPSA) is 62.8 Å². The molecular weight excluding hydrogens is 255 g/mol. The molecule has 20 heavy (non-hydrogen) atoms. The molecule has 100 valence electrons. The van der Waals surface area contributed by atoms with E-state index in [1.807, 2.05) is 36.4 Å². The molecule has 5 heteroatoms. The second-order valence-corrected chi connectivity index (χ2v) is 4.49. The lowest BCUT2D eigenvalue weighted by Crippen LogP contribution is -2.29. The Balaban J connectivity index is 1.79. The normalized spacial score (nSPS) is 10.7. The highest BCUT2D eigenvalue weighted by Gasteiger charge is 2.13. The molecule has 2 N–H and O–H groups in total. The minimum absolute atomic E-state index is 0.329. The van der Waals surface area contributed by atoms with Crippen molar-refractivity contribution in [1.29, 1.82) is 0 Å². The Morgan fingerprint density at radius 2 is 1.80 bits per heavy atom. The van der Waals surface area contributed by atoms with Crippen molar-refractivity contribution in [2.75, 3.05) is 0 Å². The molecule has 0 spiro atoms. The molecule has 0 aliphatic rings. The van der Waals surface area contributed by atoms with Gasteiger partial charge < -0.3 is 19.2 Å². The van der Waals surface area contributed by atoms with Crippen LogP contribution in [-0.2, 0) is 6.61 Å². The van der Waals surface area contributed by atoms with Crippen LogP contribution < -0.4 is 10.2 Å². The third kappa shape index (κ3) is 2.69. The summed E-state index contributed by atoms with van der Waals surface area (Å²) in [5.74, 6) is 1.47. The van der Waals surface area contributed by atoms with Crippen molar-refractivity contribution in [2.45, 2.75) is 6.61 Å². The lowest BCUT2D eigenvalue weighted by atomic mass is 9.80. The zero-order chi connectivity index (χ0) is 13.9. The number of furan rings is 1. The van der Waals surface area contributed by atoms with Crippen molar-refractivity contribution in [3.63, 3.8) is 0 Å². The highest BCUT2D eigenvalue weighted by Crippen LogP contribution is 2.20. The van der Waals surface area contributed by atoms with Gasteiger partial charge in [0.1, 0.15) is 23.7 Å². The largest absolute Gasteiger partial charge is 0.488 e. The molecule has 0 unspecified atom stereocenters. The molecule has 0 saturated carbocycles. The first kappa shape index (κ1) is 12.8. The average Bonchev–Trinajstić information content (AvgIpc) is 2.88. The van der Waals surface area contributed by atoms with Gasteiger partial charge in [0.2, 0.25) is 0 Å². The Morgan fingerprint density at radius 1 is 1.00 bits per heavy atom. The van der Waals surface area contributed by atoms with Gasteiger partial charge in [-0.15, -0.1) is 0 Å². The Hall–Kier alpha value is -2.24. The fourth-order valence-corrected chi connectivity index (χ4v) is 2.02. The van der Waals surface area contributed by atoms with E-state index in [0.717, 1.165) is 11.1 Å². The summed E-state index contributed by atoms with van der Waals surface area (Å²) in [6, 6.07) is 16.4. The van der Waals surface area contributed by atoms with Crippen LogP contribution in [0.1, 0.15) is 5.76 Å². The Bertz CT molecular complexity index is 706. The van der Waals surface area contributed by atoms with E-state index in [2.05, 4.69) is 0 Å². The molecule has 0 fully saturated rings. The number of benzene rings is 2. The molecule has 0 aliphatic heterocycles. The fourth-order valence-electron chi connectivity index (χ4n) is 2.02. The SMILES string of the molecule is OB(O)c1ccc2oc(COc3ccccc3)cc2c1. The van der Waals surface area contributed by atoms with Crippen LogP contribution in [-0.4, -0.2) is 17.2 Å². The van der Waals surface area contributed by atoms with Gasteiger partial charge in [-0.05, 0) is 29.7 Å². The van der Waals surface area contributed by atoms with Crippen molar-refractivity contribution in [2.24, 2.45) is 0 Å². The molecule has 2 aromatic carbocycles. The standard InChI is InChI=1S/C15H13BO4/c17-16(18)12-6-7-15-11(8-12)9-14(20-15)10-19-13-4-2-1-3-5-13/h1-9,17-18H,10H2. The number of hydrogen-bond acceptors (Lipinski definition) is 4. The van der Waals surface area contributed by atoms with E-state index in [4.69, 9.17) is 19.2 Å². The van der Waals surface area contributed by atoms with Crippen LogP contribution in [0.15, 0.2) is 59.0 Å². The van der Waals surface area contributed by atoms with Gasteiger partial charge >= 0.3 is 7.12 Å². The smallest absolute Gasteiger partial charge is 0.486 e. The van der Waals surface area contributed by atoms with E-state index in [9.17, 15) is 0 Å². The highest BCUT2D eigenvalue weighted by molar-refractivity contribution is 6.58. The predicted molar refractivity (Wildman–Crippen MR) is 76.8 cm³/mol. The van der Waals surface area contributed by atoms with E-state index < -0.39 is 7.12 Å². The Morgan fingerprint density at radius 3 is 2.55 bits per heavy atom. The number of hydrogen-bond donors (Lipinski definition) is 2. The molecule has 0 aliphatic carbocycles. The van der Waals surface area contributed by atoms with E-state index in [1.165, 1.54) is 0 Å². The number of rotatable bonds is 4. The summed E-state index contributed by atoms with van der Waals surface area (Å²) >= 11 is 0. The van der Waals surface area contributed by atoms with Crippen molar-refractivity contribution in [3.05, 3.63) is 60.4 Å². The van der Waals surface area contributed by atoms with E-state index in [0.29, 0.717) is 23.4 Å². The van der Waals surface area contributed by atoms with Crippen molar-refractivity contribution in [3.8, 4) is 5.75 Å². The van der Waals surface area contributed by atoms with Gasteiger partial charge in [0, 0.05) is 5.39 Å². The first-order valence-electron chi connectivity index (χ1n) is 6.29. The van der Waals surface area contributed by atoms with Crippen LogP contribution in [0.4, 0.5) is 0 Å². The second kappa shape index (κ2) is 5.40. The molecule has 3 aromatic rings. The lowest BCUT2D eigenvalue weighted by Gasteiger charge is -2.02. The molecule has 0 saturated heterocycles. The lowest BCUT2D eigenvalue weighted by molar-refractivity contribution is 0.274. The first-order valence-corrected chi connectivity index (χ1v) is 6.29. The maximum atomic E-state index is 9.14. The third-order valence-corrected chi connectivity index (χ3v) is 3.01. The maximum Gasteiger partial charge on any atom is 0.488 e. The minimum Gasteiger partial charge on any atom is -0.486 e. The first-order chi connectivity index (χ1) is 9.72. The third-order valence-electron chi connectivity index (χ3n) is 3.01. The summed E-state index contributed by atoms with van der Waals surface area (Å²) < 4.78 is 11.2. The Kier molecular flexibility index (Phi) is 3.45. The van der Waals surface area contributed by atoms with Crippen molar-refractivity contribution < 1.29 is 19.2 Å². The van der Waals surface area contributed by atoms with E-state index in [1.54, 1.807) is 18.2 Å². The summed E-state index contributed by atoms with van der Waals surface area (Å²) in [7, 11) is -1.47. The maximum absolute atomic E-state index is 9.14. The Labute approximate surface area is 116 Å². The van der Waals surface area contributed by atoms with Gasteiger partial charge in [-0.1, -0.05) is 30.3 Å². The van der Waals surface area contributed by atoms with Gasteiger partial charge in [-0.25, -0.2) is 0 Å². The molecule has 3 rings (SSSR count). The number of fused-ring (bicyclic) bond motifs is 1. The van der Waals surface area contributed by atoms with Crippen LogP contribution in [0, 0.1) is 0 Å². The predicted octanol–water partition coefficient (Wildman–Crippen LogP) is 1.69. The number of ether oxygens (including phenoxy) is 1. The van der Waals surface area contributed by atoms with Gasteiger partial charge in [-0.3, -0.25) is 0 Å². The second-order valence-electron chi connectivity index (χ2n) is 4.49. The van der Waals surface area contributed by atoms with Crippen LogP contribution >= 0.6 is 0 Å². The fraction of sp³-hybridized carbons (Fsp3) is 0.0667. The zero-order valence-electron chi connectivity index (χ0n) is 10.7.